The van der Waals surface area contributed by atoms with Gasteiger partial charge in [0.25, 0.3) is 0 Å². The predicted molar refractivity (Wildman–Crippen MR) is 76.8 cm³/mol. The van der Waals surface area contributed by atoms with Crippen molar-refractivity contribution in [1.29, 1.82) is 0 Å². The third kappa shape index (κ3) is 7.15. The van der Waals surface area contributed by atoms with Crippen molar-refractivity contribution < 1.29 is 13.2 Å². The molecule has 0 radical (unpaired) electrons. The van der Waals surface area contributed by atoms with Gasteiger partial charge in [0.15, 0.2) is 0 Å². The summed E-state index contributed by atoms with van der Waals surface area (Å²) in [7, 11) is -1.70. The van der Waals surface area contributed by atoms with Crippen molar-refractivity contribution in [2.45, 2.75) is 25.8 Å². The normalized spacial score (nSPS) is 13.2. The van der Waals surface area contributed by atoms with E-state index in [9.17, 15) is 8.42 Å². The molecule has 0 fully saturated rings. The monoisotopic (exact) mass is 286 g/mol. The molecule has 1 aromatic carbocycles. The minimum Gasteiger partial charge on any atom is -0.497 e. The number of hydrogen-bond donors (Lipinski definition) is 2. The summed E-state index contributed by atoms with van der Waals surface area (Å²) >= 11 is 0. The molecule has 0 saturated heterocycles. The number of benzene rings is 1. The Bertz CT molecular complexity index is 471. The smallest absolute Gasteiger partial charge is 0.209 e. The molecule has 0 aliphatic heterocycles. The number of rotatable bonds is 8. The number of hydrogen-bond acceptors (Lipinski definition) is 4. The van der Waals surface area contributed by atoms with Crippen LogP contribution < -0.4 is 15.2 Å². The van der Waals surface area contributed by atoms with Crippen LogP contribution in [0.5, 0.6) is 5.75 Å². The maximum atomic E-state index is 10.8. The van der Waals surface area contributed by atoms with Gasteiger partial charge in [0, 0.05) is 6.04 Å². The van der Waals surface area contributed by atoms with E-state index in [0.717, 1.165) is 12.2 Å². The maximum absolute atomic E-state index is 10.8. The first-order valence-corrected chi connectivity index (χ1v) is 7.99. The Morgan fingerprint density at radius 1 is 1.32 bits per heavy atom. The zero-order valence-corrected chi connectivity index (χ0v) is 12.2. The molecule has 0 saturated carbocycles. The molecule has 0 heterocycles. The van der Waals surface area contributed by atoms with Crippen molar-refractivity contribution in [1.82, 2.24) is 5.32 Å². The first-order chi connectivity index (χ1) is 8.90. The lowest BCUT2D eigenvalue weighted by Gasteiger charge is -2.13. The van der Waals surface area contributed by atoms with E-state index >= 15 is 0 Å². The fourth-order valence-corrected chi connectivity index (χ4v) is 2.36. The molecule has 1 atom stereocenters. The van der Waals surface area contributed by atoms with E-state index in [2.05, 4.69) is 12.2 Å². The minimum atomic E-state index is -3.34. The Morgan fingerprint density at radius 2 is 1.95 bits per heavy atom. The second-order valence-corrected chi connectivity index (χ2v) is 6.36. The molecule has 3 N–H and O–H groups in total. The second kappa shape index (κ2) is 7.47. The van der Waals surface area contributed by atoms with Crippen molar-refractivity contribution >= 4 is 10.0 Å². The van der Waals surface area contributed by atoms with E-state index in [4.69, 9.17) is 9.88 Å². The van der Waals surface area contributed by atoms with Crippen LogP contribution in [0.4, 0.5) is 0 Å². The maximum Gasteiger partial charge on any atom is 0.209 e. The third-order valence-corrected chi connectivity index (χ3v) is 3.66. The molecule has 1 unspecified atom stereocenters. The van der Waals surface area contributed by atoms with Gasteiger partial charge in [-0.05, 0) is 44.0 Å². The fourth-order valence-electron chi connectivity index (χ4n) is 1.81. The van der Waals surface area contributed by atoms with Gasteiger partial charge in [0.2, 0.25) is 10.0 Å². The average Bonchev–Trinajstić information content (AvgIpc) is 2.34. The number of methoxy groups -OCH3 is 1. The average molecular weight is 286 g/mol. The molecule has 0 aromatic heterocycles. The summed E-state index contributed by atoms with van der Waals surface area (Å²) in [6, 6.07) is 8.21. The van der Waals surface area contributed by atoms with Crippen LogP contribution in [0.2, 0.25) is 0 Å². The Hall–Kier alpha value is -1.11. The second-order valence-electron chi connectivity index (χ2n) is 4.63. The van der Waals surface area contributed by atoms with Gasteiger partial charge in [-0.15, -0.1) is 0 Å². The lowest BCUT2D eigenvalue weighted by molar-refractivity contribution is 0.414. The zero-order chi connectivity index (χ0) is 14.3. The first kappa shape index (κ1) is 15.9. The van der Waals surface area contributed by atoms with Crippen molar-refractivity contribution in [2.75, 3.05) is 19.4 Å². The summed E-state index contributed by atoms with van der Waals surface area (Å²) in [5.41, 5.74) is 1.22. The zero-order valence-electron chi connectivity index (χ0n) is 11.4. The summed E-state index contributed by atoms with van der Waals surface area (Å²) in [5, 5.41) is 8.22. The van der Waals surface area contributed by atoms with Crippen LogP contribution in [0.15, 0.2) is 24.3 Å². The van der Waals surface area contributed by atoms with Crippen LogP contribution in [-0.2, 0) is 16.4 Å². The summed E-state index contributed by atoms with van der Waals surface area (Å²) in [4.78, 5) is 0. The molecule has 0 bridgehead atoms. The van der Waals surface area contributed by atoms with Crippen LogP contribution in [-0.4, -0.2) is 33.9 Å². The van der Waals surface area contributed by atoms with Gasteiger partial charge in [0.1, 0.15) is 5.75 Å². The van der Waals surface area contributed by atoms with Gasteiger partial charge in [-0.25, -0.2) is 13.6 Å². The summed E-state index contributed by atoms with van der Waals surface area (Å²) in [6.45, 7) is 2.72. The molecule has 1 aromatic rings. The molecule has 6 heteroatoms. The minimum absolute atomic E-state index is 0.0231. The molecule has 108 valence electrons. The quantitative estimate of drug-likeness (QED) is 0.696. The molecule has 0 aliphatic carbocycles. The number of nitrogens with one attached hydrogen (secondary N) is 1. The number of primary sulfonamides is 1. The Balaban J connectivity index is 2.28. The number of sulfonamides is 1. The van der Waals surface area contributed by atoms with Crippen molar-refractivity contribution in [3.63, 3.8) is 0 Å². The molecular formula is C13H22N2O3S. The van der Waals surface area contributed by atoms with E-state index in [-0.39, 0.29) is 11.8 Å². The lowest BCUT2D eigenvalue weighted by atomic mass is 10.1. The van der Waals surface area contributed by atoms with E-state index in [1.54, 1.807) is 7.11 Å². The predicted octanol–water partition coefficient (Wildman–Crippen LogP) is 0.894. The van der Waals surface area contributed by atoms with E-state index in [0.29, 0.717) is 13.0 Å². The SMILES string of the molecule is COc1ccc(CC(C)NCCCS(N)(=O)=O)cc1. The molecule has 5 nitrogen and oxygen atoms in total. The highest BCUT2D eigenvalue weighted by molar-refractivity contribution is 7.89. The van der Waals surface area contributed by atoms with Crippen molar-refractivity contribution in [3.8, 4) is 5.75 Å². The highest BCUT2D eigenvalue weighted by Gasteiger charge is 2.05. The lowest BCUT2D eigenvalue weighted by Crippen LogP contribution is -2.30. The van der Waals surface area contributed by atoms with Crippen LogP contribution in [0, 0.1) is 0 Å². The first-order valence-electron chi connectivity index (χ1n) is 6.27. The molecule has 0 amide bonds. The Labute approximate surface area is 115 Å². The van der Waals surface area contributed by atoms with Gasteiger partial charge in [-0.2, -0.15) is 0 Å². The molecule has 1 rings (SSSR count). The van der Waals surface area contributed by atoms with E-state index in [1.807, 2.05) is 24.3 Å². The Kier molecular flexibility index (Phi) is 6.27. The largest absolute Gasteiger partial charge is 0.497 e. The van der Waals surface area contributed by atoms with Crippen molar-refractivity contribution in [3.05, 3.63) is 29.8 Å². The summed E-state index contributed by atoms with van der Waals surface area (Å²) in [6.07, 6.45) is 1.42. The molecular weight excluding hydrogens is 264 g/mol. The summed E-state index contributed by atoms with van der Waals surface area (Å²) < 4.78 is 26.6. The standard InChI is InChI=1S/C13H22N2O3S/c1-11(15-8-3-9-19(14,16)17)10-12-4-6-13(18-2)7-5-12/h4-7,11,15H,3,8-10H2,1-2H3,(H2,14,16,17). The van der Waals surface area contributed by atoms with Crippen LogP contribution in [0.3, 0.4) is 0 Å². The van der Waals surface area contributed by atoms with Crippen molar-refractivity contribution in [2.24, 2.45) is 5.14 Å². The molecule has 19 heavy (non-hydrogen) atoms. The van der Waals surface area contributed by atoms with Gasteiger partial charge in [0.05, 0.1) is 12.9 Å². The van der Waals surface area contributed by atoms with Crippen LogP contribution >= 0.6 is 0 Å². The fraction of sp³-hybridized carbons (Fsp3) is 0.538. The Morgan fingerprint density at radius 3 is 2.47 bits per heavy atom. The van der Waals surface area contributed by atoms with Gasteiger partial charge >= 0.3 is 0 Å². The summed E-state index contributed by atoms with van der Waals surface area (Å²) in [5.74, 6) is 0.868. The third-order valence-electron chi connectivity index (χ3n) is 2.80. The van der Waals surface area contributed by atoms with Crippen LogP contribution in [0.25, 0.3) is 0 Å². The van der Waals surface area contributed by atoms with Crippen LogP contribution in [0.1, 0.15) is 18.9 Å². The number of ether oxygens (including phenoxy) is 1. The van der Waals surface area contributed by atoms with Gasteiger partial charge in [-0.1, -0.05) is 12.1 Å². The number of nitrogens with two attached hydrogens (primary N) is 1. The van der Waals surface area contributed by atoms with E-state index < -0.39 is 10.0 Å². The van der Waals surface area contributed by atoms with Gasteiger partial charge in [-0.3, -0.25) is 0 Å². The highest BCUT2D eigenvalue weighted by Crippen LogP contribution is 2.12. The highest BCUT2D eigenvalue weighted by atomic mass is 32.2. The molecule has 0 aliphatic rings. The topological polar surface area (TPSA) is 81.4 Å². The molecule has 0 spiro atoms. The van der Waals surface area contributed by atoms with Gasteiger partial charge < -0.3 is 10.1 Å². The van der Waals surface area contributed by atoms with E-state index in [1.165, 1.54) is 5.56 Å².